The Morgan fingerprint density at radius 1 is 0.930 bits per heavy atom. The second-order valence-electron chi connectivity index (χ2n) is 18.2. The molecule has 3 rings (SSSR count). The zero-order chi connectivity index (χ0) is 44.0. The predicted octanol–water partition coefficient (Wildman–Crippen LogP) is 0.991. The summed E-state index contributed by atoms with van der Waals surface area (Å²) in [4.78, 5) is 43.8. The van der Waals surface area contributed by atoms with Gasteiger partial charge >= 0.3 is 11.9 Å². The predicted molar refractivity (Wildman–Crippen MR) is 203 cm³/mol. The highest BCUT2D eigenvalue weighted by Gasteiger charge is 2.66. The summed E-state index contributed by atoms with van der Waals surface area (Å²) < 4.78 is 37.0. The van der Waals surface area contributed by atoms with Crippen molar-refractivity contribution in [3.63, 3.8) is 0 Å². The maximum Gasteiger partial charge on any atom is 0.336 e. The van der Waals surface area contributed by atoms with Gasteiger partial charge in [0.1, 0.15) is 35.1 Å². The molecule has 3 heterocycles. The first kappa shape index (κ1) is 49.5. The number of aliphatic carboxylic acids is 1. The Kier molecular flexibility index (Phi) is 15.6. The summed E-state index contributed by atoms with van der Waals surface area (Å²) in [5, 5.41) is 81.2. The summed E-state index contributed by atoms with van der Waals surface area (Å²) in [5.74, 6) is -7.34. The van der Waals surface area contributed by atoms with Crippen molar-refractivity contribution in [3.8, 4) is 0 Å². The van der Waals surface area contributed by atoms with Gasteiger partial charge in [0.15, 0.2) is 18.2 Å². The van der Waals surface area contributed by atoms with Gasteiger partial charge in [-0.2, -0.15) is 0 Å². The molecular weight excluding hydrogens is 750 g/mol. The minimum absolute atomic E-state index is 0.117. The van der Waals surface area contributed by atoms with Crippen molar-refractivity contribution < 1.29 is 78.6 Å². The Morgan fingerprint density at radius 3 is 2.02 bits per heavy atom. The van der Waals surface area contributed by atoms with E-state index in [9.17, 15) is 50.1 Å². The molecule has 19 atom stereocenters. The summed E-state index contributed by atoms with van der Waals surface area (Å²) in [6.45, 7) is 15.5. The Labute approximate surface area is 336 Å². The first-order chi connectivity index (χ1) is 26.0. The van der Waals surface area contributed by atoms with Gasteiger partial charge in [0, 0.05) is 37.3 Å². The zero-order valence-corrected chi connectivity index (χ0v) is 36.2. The molecule has 0 aromatic heterocycles. The van der Waals surface area contributed by atoms with Crippen LogP contribution in [0.4, 0.5) is 0 Å². The van der Waals surface area contributed by atoms with E-state index in [1.165, 1.54) is 41.7 Å². The van der Waals surface area contributed by atoms with Crippen molar-refractivity contribution in [3.05, 3.63) is 0 Å². The molecule has 0 radical (unpaired) electrons. The van der Waals surface area contributed by atoms with Crippen molar-refractivity contribution >= 4 is 17.7 Å². The number of hydrogen-bond acceptors (Lipinski definition) is 16. The van der Waals surface area contributed by atoms with Crippen LogP contribution in [0.2, 0.25) is 0 Å². The largest absolute Gasteiger partial charge is 0.479 e. The number of nitrogens with zero attached hydrogens (tertiary/aromatic N) is 1. The smallest absolute Gasteiger partial charge is 0.336 e. The molecule has 7 N–H and O–H groups in total. The number of likely N-dealkylation sites (N-methyl/N-ethyl adjacent to an activating group) is 1. The molecule has 332 valence electrons. The van der Waals surface area contributed by atoms with Gasteiger partial charge in [0.2, 0.25) is 0 Å². The van der Waals surface area contributed by atoms with Gasteiger partial charge in [-0.15, -0.1) is 0 Å². The lowest BCUT2D eigenvalue weighted by molar-refractivity contribution is -0.328. The van der Waals surface area contributed by atoms with E-state index in [0.29, 0.717) is 6.42 Å². The fourth-order valence-electron chi connectivity index (χ4n) is 9.16. The molecule has 3 fully saturated rings. The average Bonchev–Trinajstić information content (AvgIpc) is 3.12. The van der Waals surface area contributed by atoms with Gasteiger partial charge in [0.05, 0.1) is 41.7 Å². The highest BCUT2D eigenvalue weighted by molar-refractivity contribution is 5.90. The lowest BCUT2D eigenvalue weighted by atomic mass is 9.64. The standard InChI is InChI=1S/C40H71NO16/c1-15-25-39(10,50)29(44)21(4)27(42)19(2)17-36(7,49)31(57-33-28(43)24(41(12)13)16-20(3)53-33)22(5)32(38(9,35(48)55-25)40(11,51)34(46)47)56-26-18-37(8,52-14)30(45)23(6)54-26/h19-26,28-33,43-45,49-51H,15-18H2,1-14H3,(H,46,47)/t19-,20+,21+,22-,23+,24-,25-,26?,28+,29-,30+,31-,32+,33?,36-,37-,38+,39-,40?/m1/s1. The molecule has 0 bridgehead atoms. The van der Waals surface area contributed by atoms with E-state index in [2.05, 4.69) is 0 Å². The first-order valence-electron chi connectivity index (χ1n) is 20.0. The van der Waals surface area contributed by atoms with Gasteiger partial charge in [-0.3, -0.25) is 9.59 Å². The van der Waals surface area contributed by atoms with Crippen molar-refractivity contribution in [2.75, 3.05) is 21.2 Å². The molecule has 17 heteroatoms. The van der Waals surface area contributed by atoms with Crippen LogP contribution in [0.3, 0.4) is 0 Å². The van der Waals surface area contributed by atoms with Crippen LogP contribution in [0.25, 0.3) is 0 Å². The minimum Gasteiger partial charge on any atom is -0.479 e. The molecule has 3 aliphatic heterocycles. The van der Waals surface area contributed by atoms with Crippen molar-refractivity contribution in [1.29, 1.82) is 0 Å². The minimum atomic E-state index is -3.02. The summed E-state index contributed by atoms with van der Waals surface area (Å²) in [5.41, 5.74) is -11.3. The van der Waals surface area contributed by atoms with Crippen molar-refractivity contribution in [2.45, 2.75) is 192 Å². The Hall–Kier alpha value is -1.87. The van der Waals surface area contributed by atoms with Crippen LogP contribution in [0, 0.1) is 23.2 Å². The number of aliphatic hydroxyl groups is 6. The molecule has 0 aromatic carbocycles. The number of rotatable bonds is 9. The molecule has 17 nitrogen and oxygen atoms in total. The maximum atomic E-state index is 14.9. The monoisotopic (exact) mass is 821 g/mol. The highest BCUT2D eigenvalue weighted by Crippen LogP contribution is 2.48. The number of carboxylic acids is 1. The van der Waals surface area contributed by atoms with Gasteiger partial charge in [-0.05, 0) is 81.8 Å². The number of Topliss-reactive ketones (excluding diaryl/α,β-unsaturated/α-hetero) is 1. The number of carbonyl (C=O) groups excluding carboxylic acids is 2. The van der Waals surface area contributed by atoms with E-state index < -0.39 is 131 Å². The van der Waals surface area contributed by atoms with Crippen LogP contribution in [-0.4, -0.2) is 169 Å². The average molecular weight is 822 g/mol. The van der Waals surface area contributed by atoms with E-state index >= 15 is 0 Å². The normalized spacial score (nSPS) is 48.2. The summed E-state index contributed by atoms with van der Waals surface area (Å²) in [6, 6.07) is -0.463. The molecule has 0 amide bonds. The van der Waals surface area contributed by atoms with Gasteiger partial charge in [-0.25, -0.2) is 4.79 Å². The van der Waals surface area contributed by atoms with Crippen LogP contribution in [0.15, 0.2) is 0 Å². The van der Waals surface area contributed by atoms with E-state index in [4.69, 9.17) is 28.4 Å². The van der Waals surface area contributed by atoms with Crippen LogP contribution < -0.4 is 0 Å². The fraction of sp³-hybridized carbons (Fsp3) is 0.925. The molecule has 0 aliphatic carbocycles. The van der Waals surface area contributed by atoms with E-state index in [0.717, 1.165) is 13.8 Å². The van der Waals surface area contributed by atoms with Crippen molar-refractivity contribution in [2.24, 2.45) is 23.2 Å². The summed E-state index contributed by atoms with van der Waals surface area (Å²) in [7, 11) is 4.93. The quantitative estimate of drug-likeness (QED) is 0.160. The molecule has 0 saturated carbocycles. The van der Waals surface area contributed by atoms with E-state index in [1.807, 2.05) is 0 Å². The third-order valence-electron chi connectivity index (χ3n) is 13.3. The molecule has 0 spiro atoms. The summed E-state index contributed by atoms with van der Waals surface area (Å²) >= 11 is 0. The number of carbonyl (C=O) groups is 3. The Bertz CT molecular complexity index is 1410. The number of aliphatic hydroxyl groups excluding tert-OH is 3. The third-order valence-corrected chi connectivity index (χ3v) is 13.3. The molecular formula is C40H71NO16. The maximum absolute atomic E-state index is 14.9. The molecule has 57 heavy (non-hydrogen) atoms. The van der Waals surface area contributed by atoms with Crippen LogP contribution in [-0.2, 0) is 42.8 Å². The molecule has 3 aliphatic rings. The topological polar surface area (TPSA) is 251 Å². The molecule has 3 unspecified atom stereocenters. The Balaban J connectivity index is 2.43. The lowest BCUT2D eigenvalue weighted by Gasteiger charge is -2.52. The Morgan fingerprint density at radius 2 is 1.51 bits per heavy atom. The number of methoxy groups -OCH3 is 1. The number of ketones is 1. The first-order valence-corrected chi connectivity index (χ1v) is 20.0. The zero-order valence-electron chi connectivity index (χ0n) is 36.2. The number of cyclic esters (lactones) is 1. The second-order valence-corrected chi connectivity index (χ2v) is 18.2. The van der Waals surface area contributed by atoms with Crippen LogP contribution in [0.1, 0.15) is 102 Å². The summed E-state index contributed by atoms with van der Waals surface area (Å²) in [6.07, 6.45) is -13.4. The number of carboxylic acid groups (broad SMARTS) is 1. The van der Waals surface area contributed by atoms with Crippen molar-refractivity contribution in [1.82, 2.24) is 4.90 Å². The van der Waals surface area contributed by atoms with Gasteiger partial charge < -0.3 is 69.1 Å². The SMILES string of the molecule is CC[C@H]1OC(=O)[C@@](C)(C(C)(O)C(=O)O)[C@@H](OC2C[C@@](C)(OC)[C@@H](O)[C@H](C)O2)[C@H](C)[C@@H](OC2O[C@@H](C)C[C@@H](N(C)C)[C@@H]2O)[C@](C)(O)C[C@@H](C)C(=O)[C@H](C)[C@@H](O)[C@]1(C)O. The number of hydrogen-bond donors (Lipinski definition) is 7. The number of esters is 1. The van der Waals surface area contributed by atoms with Crippen LogP contribution in [0.5, 0.6) is 0 Å². The highest BCUT2D eigenvalue weighted by atomic mass is 16.7. The third kappa shape index (κ3) is 9.55. The van der Waals surface area contributed by atoms with Gasteiger partial charge in [0.25, 0.3) is 0 Å². The number of ether oxygens (including phenoxy) is 6. The molecule has 0 aromatic rings. The lowest BCUT2D eigenvalue weighted by Crippen LogP contribution is -2.68. The van der Waals surface area contributed by atoms with E-state index in [-0.39, 0.29) is 19.3 Å². The fourth-order valence-corrected chi connectivity index (χ4v) is 9.16. The molecule has 3 saturated heterocycles. The van der Waals surface area contributed by atoms with Crippen LogP contribution >= 0.6 is 0 Å². The van der Waals surface area contributed by atoms with Gasteiger partial charge in [-0.1, -0.05) is 27.7 Å². The second kappa shape index (κ2) is 18.0. The van der Waals surface area contributed by atoms with E-state index in [1.54, 1.807) is 46.7 Å².